The summed E-state index contributed by atoms with van der Waals surface area (Å²) in [4.78, 5) is 43.9. The van der Waals surface area contributed by atoms with Crippen LogP contribution >= 0.6 is 0 Å². The molecule has 2 fully saturated rings. The minimum atomic E-state index is -0.712. The van der Waals surface area contributed by atoms with Crippen molar-refractivity contribution < 1.29 is 24.0 Å². The van der Waals surface area contributed by atoms with Gasteiger partial charge in [0.05, 0.1) is 12.1 Å². The lowest BCUT2D eigenvalue weighted by atomic mass is 10.00. The summed E-state index contributed by atoms with van der Waals surface area (Å²) in [6.45, 7) is 5.56. The molecule has 2 saturated heterocycles. The van der Waals surface area contributed by atoms with Crippen LogP contribution in [0.15, 0.2) is 30.3 Å². The number of ether oxygens (including phenoxy) is 1. The fraction of sp³-hybridized carbons (Fsp3) is 0.524. The lowest BCUT2D eigenvalue weighted by Crippen LogP contribution is -2.52. The molecule has 0 spiro atoms. The van der Waals surface area contributed by atoms with Crippen molar-refractivity contribution in [2.75, 3.05) is 13.1 Å². The third kappa shape index (κ3) is 5.94. The zero-order valence-corrected chi connectivity index (χ0v) is 18.0. The highest BCUT2D eigenvalue weighted by Gasteiger charge is 2.47. The average molecular weight is 431 g/mol. The zero-order chi connectivity index (χ0) is 22.6. The Morgan fingerprint density at radius 3 is 2.58 bits per heavy atom. The Labute approximate surface area is 181 Å². The van der Waals surface area contributed by atoms with Crippen LogP contribution in [0.25, 0.3) is 0 Å². The molecule has 0 aliphatic carbocycles. The summed E-state index contributed by atoms with van der Waals surface area (Å²) in [5.74, 6) is -0.630. The number of piperidine rings is 1. The number of hydrogen-bond acceptors (Lipinski definition) is 6. The van der Waals surface area contributed by atoms with Gasteiger partial charge in [0.25, 0.3) is 0 Å². The van der Waals surface area contributed by atoms with Crippen molar-refractivity contribution in [3.8, 4) is 0 Å². The Balaban J connectivity index is 1.49. The van der Waals surface area contributed by atoms with E-state index in [4.69, 9.17) is 15.0 Å². The van der Waals surface area contributed by atoms with Crippen molar-refractivity contribution in [3.63, 3.8) is 0 Å². The molecule has 1 aromatic carbocycles. The second-order valence-corrected chi connectivity index (χ2v) is 8.58. The number of urea groups is 1. The summed E-state index contributed by atoms with van der Waals surface area (Å²) in [6, 6.07) is 8.64. The molecular weight excluding hydrogens is 402 g/mol. The van der Waals surface area contributed by atoms with E-state index in [1.54, 1.807) is 25.7 Å². The van der Waals surface area contributed by atoms with Crippen molar-refractivity contribution in [1.82, 2.24) is 20.6 Å². The van der Waals surface area contributed by atoms with E-state index in [2.05, 4.69) is 10.6 Å². The van der Waals surface area contributed by atoms with E-state index in [1.807, 2.05) is 30.3 Å². The molecule has 168 valence electrons. The number of rotatable bonds is 6. The lowest BCUT2D eigenvalue weighted by molar-refractivity contribution is -0.140. The number of carbonyl (C=O) groups excluding carboxylic acids is 3. The van der Waals surface area contributed by atoms with Crippen LogP contribution < -0.4 is 10.6 Å². The van der Waals surface area contributed by atoms with Gasteiger partial charge in [-0.15, -0.1) is 0 Å². The Bertz CT molecular complexity index is 838. The predicted molar refractivity (Wildman–Crippen MR) is 112 cm³/mol. The topological polar surface area (TPSA) is 124 Å². The number of hydroxylamine groups is 2. The molecule has 10 heteroatoms. The number of nitrogens with zero attached hydrogens (tertiary/aromatic N) is 2. The molecule has 2 bridgehead atoms. The normalized spacial score (nSPS) is 20.4. The minimum Gasteiger partial charge on any atom is -0.444 e. The van der Waals surface area contributed by atoms with Gasteiger partial charge in [-0.25, -0.2) is 9.59 Å². The van der Waals surface area contributed by atoms with Crippen molar-refractivity contribution in [2.45, 2.75) is 57.9 Å². The maximum absolute atomic E-state index is 12.8. The highest BCUT2D eigenvalue weighted by Crippen LogP contribution is 2.30. The van der Waals surface area contributed by atoms with Crippen LogP contribution in [-0.4, -0.2) is 64.6 Å². The number of nitrogens with one attached hydrogen (secondary N) is 3. The first-order chi connectivity index (χ1) is 14.6. The average Bonchev–Trinajstić information content (AvgIpc) is 2.94. The monoisotopic (exact) mass is 431 g/mol. The molecule has 3 rings (SSSR count). The van der Waals surface area contributed by atoms with E-state index in [9.17, 15) is 14.4 Å². The van der Waals surface area contributed by atoms with Crippen LogP contribution in [0, 0.1) is 5.41 Å². The largest absolute Gasteiger partial charge is 0.444 e. The summed E-state index contributed by atoms with van der Waals surface area (Å²) in [6.07, 6.45) is 0.492. The second-order valence-electron chi connectivity index (χ2n) is 8.58. The van der Waals surface area contributed by atoms with Gasteiger partial charge in [0.1, 0.15) is 24.6 Å². The first kappa shape index (κ1) is 22.5. The Kier molecular flexibility index (Phi) is 6.79. The number of benzene rings is 1. The smallest absolute Gasteiger partial charge is 0.408 e. The number of amidine groups is 1. The molecule has 2 aliphatic heterocycles. The summed E-state index contributed by atoms with van der Waals surface area (Å²) < 4.78 is 5.07. The molecular formula is C21H29N5O5. The number of carbonyl (C=O) groups is 3. The van der Waals surface area contributed by atoms with Crippen LogP contribution in [-0.2, 0) is 21.0 Å². The van der Waals surface area contributed by atoms with Gasteiger partial charge >= 0.3 is 12.1 Å². The Morgan fingerprint density at radius 1 is 1.19 bits per heavy atom. The van der Waals surface area contributed by atoms with Gasteiger partial charge in [-0.1, -0.05) is 30.3 Å². The van der Waals surface area contributed by atoms with Gasteiger partial charge < -0.3 is 20.3 Å². The molecule has 2 aliphatic rings. The molecule has 2 heterocycles. The summed E-state index contributed by atoms with van der Waals surface area (Å²) >= 11 is 0. The predicted octanol–water partition coefficient (Wildman–Crippen LogP) is 2.00. The molecule has 10 nitrogen and oxygen atoms in total. The molecule has 2 atom stereocenters. The van der Waals surface area contributed by atoms with E-state index < -0.39 is 23.6 Å². The SMILES string of the molecule is CC(C)(C)OC(=O)NCC(=O)NC(=N)[C@@H]1CC[C@@H]2CN1C(=O)N2OCc1ccccc1. The summed E-state index contributed by atoms with van der Waals surface area (Å²) in [5.41, 5.74) is 0.289. The van der Waals surface area contributed by atoms with Gasteiger partial charge in [0.15, 0.2) is 0 Å². The third-order valence-corrected chi connectivity index (χ3v) is 4.94. The van der Waals surface area contributed by atoms with Crippen molar-refractivity contribution >= 4 is 23.9 Å². The highest BCUT2D eigenvalue weighted by atomic mass is 16.7. The van der Waals surface area contributed by atoms with Gasteiger partial charge in [-0.3, -0.25) is 15.0 Å². The van der Waals surface area contributed by atoms with Crippen LogP contribution in [0.2, 0.25) is 0 Å². The number of alkyl carbamates (subject to hydrolysis) is 1. The fourth-order valence-corrected chi connectivity index (χ4v) is 3.56. The van der Waals surface area contributed by atoms with Crippen LogP contribution in [0.1, 0.15) is 39.2 Å². The van der Waals surface area contributed by atoms with E-state index >= 15 is 0 Å². The Hall–Kier alpha value is -3.14. The standard InChI is InChI=1S/C21H29N5O5/c1-21(2,3)31-19(28)23-11-17(27)24-18(22)16-10-9-15-12-25(16)20(29)26(15)30-13-14-7-5-4-6-8-14/h4-8,15-16H,9-13H2,1-3H3,(H,23,28)(H2,22,24,27)/t15-,16+/m1/s1. The molecule has 0 radical (unpaired) electrons. The molecule has 0 unspecified atom stereocenters. The van der Waals surface area contributed by atoms with Gasteiger partial charge in [-0.05, 0) is 39.2 Å². The molecule has 0 saturated carbocycles. The first-order valence-corrected chi connectivity index (χ1v) is 10.3. The van der Waals surface area contributed by atoms with Gasteiger partial charge in [0.2, 0.25) is 5.91 Å². The van der Waals surface area contributed by atoms with E-state index in [1.165, 1.54) is 5.06 Å². The molecule has 3 N–H and O–H groups in total. The zero-order valence-electron chi connectivity index (χ0n) is 18.0. The molecule has 0 aromatic heterocycles. The maximum Gasteiger partial charge on any atom is 0.408 e. The third-order valence-electron chi connectivity index (χ3n) is 4.94. The van der Waals surface area contributed by atoms with Crippen molar-refractivity contribution in [2.24, 2.45) is 0 Å². The Morgan fingerprint density at radius 2 is 1.90 bits per heavy atom. The van der Waals surface area contributed by atoms with Crippen LogP contribution in [0.3, 0.4) is 0 Å². The van der Waals surface area contributed by atoms with Crippen LogP contribution in [0.5, 0.6) is 0 Å². The second kappa shape index (κ2) is 9.34. The van der Waals surface area contributed by atoms with E-state index in [0.29, 0.717) is 19.4 Å². The quantitative estimate of drug-likeness (QED) is 0.469. The fourth-order valence-electron chi connectivity index (χ4n) is 3.56. The molecule has 4 amide bonds. The lowest BCUT2D eigenvalue weighted by Gasteiger charge is -2.30. The van der Waals surface area contributed by atoms with Gasteiger partial charge in [-0.2, -0.15) is 5.06 Å². The highest BCUT2D eigenvalue weighted by molar-refractivity contribution is 6.02. The number of amides is 4. The maximum atomic E-state index is 12.8. The van der Waals surface area contributed by atoms with E-state index in [0.717, 1.165) is 5.56 Å². The molecule has 31 heavy (non-hydrogen) atoms. The number of hydrogen-bond donors (Lipinski definition) is 3. The van der Waals surface area contributed by atoms with Crippen molar-refractivity contribution in [1.29, 1.82) is 5.41 Å². The van der Waals surface area contributed by atoms with E-state index in [-0.39, 0.29) is 31.1 Å². The number of fused-ring (bicyclic) bond motifs is 2. The first-order valence-electron chi connectivity index (χ1n) is 10.3. The minimum absolute atomic E-state index is 0.0762. The molecule has 1 aromatic rings. The van der Waals surface area contributed by atoms with Crippen molar-refractivity contribution in [3.05, 3.63) is 35.9 Å². The van der Waals surface area contributed by atoms with Crippen LogP contribution in [0.4, 0.5) is 9.59 Å². The van der Waals surface area contributed by atoms with Gasteiger partial charge in [0, 0.05) is 6.54 Å². The summed E-state index contributed by atoms with van der Waals surface area (Å²) in [7, 11) is 0. The summed E-state index contributed by atoms with van der Waals surface area (Å²) in [5, 5.41) is 14.5.